The summed E-state index contributed by atoms with van der Waals surface area (Å²) in [6.07, 6.45) is 2.47. The van der Waals surface area contributed by atoms with Gasteiger partial charge in [0.15, 0.2) is 0 Å². The third-order valence-corrected chi connectivity index (χ3v) is 3.72. The topological polar surface area (TPSA) is 15.3 Å². The Kier molecular flexibility index (Phi) is 4.46. The van der Waals surface area contributed by atoms with Crippen molar-refractivity contribution in [1.29, 1.82) is 0 Å². The summed E-state index contributed by atoms with van der Waals surface area (Å²) in [4.78, 5) is 2.48. The van der Waals surface area contributed by atoms with Gasteiger partial charge in [-0.05, 0) is 50.1 Å². The number of rotatable bonds is 4. The molecule has 1 aromatic rings. The van der Waals surface area contributed by atoms with Crippen LogP contribution in [0.25, 0.3) is 0 Å². The van der Waals surface area contributed by atoms with E-state index in [1.807, 2.05) is 0 Å². The lowest BCUT2D eigenvalue weighted by Gasteiger charge is -2.20. The van der Waals surface area contributed by atoms with E-state index < -0.39 is 0 Å². The van der Waals surface area contributed by atoms with Crippen LogP contribution >= 0.6 is 15.9 Å². The fourth-order valence-corrected chi connectivity index (χ4v) is 3.01. The molecule has 0 aromatic heterocycles. The van der Waals surface area contributed by atoms with E-state index in [1.165, 1.54) is 28.6 Å². The highest BCUT2D eigenvalue weighted by Gasteiger charge is 2.22. The number of aryl methyl sites for hydroxylation is 1. The molecule has 94 valence electrons. The summed E-state index contributed by atoms with van der Waals surface area (Å²) < 4.78 is 1.18. The molecule has 2 nitrogen and oxygen atoms in total. The van der Waals surface area contributed by atoms with Gasteiger partial charge in [0.2, 0.25) is 0 Å². The molecule has 0 bridgehead atoms. The lowest BCUT2D eigenvalue weighted by Crippen LogP contribution is -2.32. The Morgan fingerprint density at radius 3 is 2.94 bits per heavy atom. The van der Waals surface area contributed by atoms with Crippen molar-refractivity contribution in [3.05, 3.63) is 28.2 Å². The second-order valence-electron chi connectivity index (χ2n) is 4.87. The number of hydrogen-bond acceptors (Lipinski definition) is 2. The molecule has 1 N–H and O–H groups in total. The van der Waals surface area contributed by atoms with Gasteiger partial charge in [-0.15, -0.1) is 0 Å². The molecular weight excluding hydrogens is 276 g/mol. The predicted molar refractivity (Wildman–Crippen MR) is 77.8 cm³/mol. The van der Waals surface area contributed by atoms with Crippen molar-refractivity contribution in [3.63, 3.8) is 0 Å². The zero-order chi connectivity index (χ0) is 12.3. The summed E-state index contributed by atoms with van der Waals surface area (Å²) in [5.41, 5.74) is 2.66. The maximum Gasteiger partial charge on any atom is 0.0380 e. The van der Waals surface area contributed by atoms with Crippen molar-refractivity contribution in [2.45, 2.75) is 32.7 Å². The van der Waals surface area contributed by atoms with Crippen LogP contribution in [-0.2, 0) is 0 Å². The lowest BCUT2D eigenvalue weighted by molar-refractivity contribution is 0.549. The first-order chi connectivity index (χ1) is 8.19. The normalized spacial score (nSPS) is 19.9. The zero-order valence-corrected chi connectivity index (χ0v) is 12.3. The molecule has 0 aliphatic carbocycles. The van der Waals surface area contributed by atoms with Gasteiger partial charge in [-0.2, -0.15) is 0 Å². The summed E-state index contributed by atoms with van der Waals surface area (Å²) in [6, 6.07) is 7.31. The number of halogens is 1. The van der Waals surface area contributed by atoms with Gasteiger partial charge in [0.1, 0.15) is 0 Å². The van der Waals surface area contributed by atoms with Gasteiger partial charge < -0.3 is 10.2 Å². The van der Waals surface area contributed by atoms with Crippen molar-refractivity contribution >= 4 is 21.6 Å². The first-order valence-electron chi connectivity index (χ1n) is 6.44. The maximum absolute atomic E-state index is 3.61. The van der Waals surface area contributed by atoms with E-state index in [4.69, 9.17) is 0 Å². The zero-order valence-electron chi connectivity index (χ0n) is 10.7. The molecule has 1 fully saturated rings. The van der Waals surface area contributed by atoms with Crippen LogP contribution in [0.1, 0.15) is 25.3 Å². The van der Waals surface area contributed by atoms with E-state index in [-0.39, 0.29) is 0 Å². The molecule has 1 saturated heterocycles. The third kappa shape index (κ3) is 3.46. The van der Waals surface area contributed by atoms with Crippen LogP contribution in [0.3, 0.4) is 0 Å². The van der Waals surface area contributed by atoms with Crippen LogP contribution in [0.15, 0.2) is 22.7 Å². The standard InChI is InChI=1S/C14H21BrN2/c1-3-5-16-13-4-6-17(10-13)14-8-11(2)7-12(15)9-14/h7-9,13,16H,3-6,10H2,1-2H3. The average Bonchev–Trinajstić information content (AvgIpc) is 2.73. The predicted octanol–water partition coefficient (Wildman–Crippen LogP) is 3.34. The van der Waals surface area contributed by atoms with Crippen LogP contribution in [0.2, 0.25) is 0 Å². The molecule has 0 radical (unpaired) electrons. The molecule has 1 aromatic carbocycles. The lowest BCUT2D eigenvalue weighted by atomic mass is 10.2. The first-order valence-corrected chi connectivity index (χ1v) is 7.24. The van der Waals surface area contributed by atoms with Crippen LogP contribution < -0.4 is 10.2 Å². The largest absolute Gasteiger partial charge is 0.370 e. The second kappa shape index (κ2) is 5.87. The number of hydrogen-bond donors (Lipinski definition) is 1. The number of anilines is 1. The molecular formula is C14H21BrN2. The van der Waals surface area contributed by atoms with Crippen molar-refractivity contribution in [3.8, 4) is 0 Å². The van der Waals surface area contributed by atoms with Gasteiger partial charge in [0.25, 0.3) is 0 Å². The summed E-state index contributed by atoms with van der Waals surface area (Å²) in [7, 11) is 0. The summed E-state index contributed by atoms with van der Waals surface area (Å²) in [5.74, 6) is 0. The fraction of sp³-hybridized carbons (Fsp3) is 0.571. The monoisotopic (exact) mass is 296 g/mol. The van der Waals surface area contributed by atoms with Gasteiger partial charge in [0.05, 0.1) is 0 Å². The molecule has 1 aliphatic heterocycles. The van der Waals surface area contributed by atoms with Crippen molar-refractivity contribution in [1.82, 2.24) is 5.32 Å². The summed E-state index contributed by atoms with van der Waals surface area (Å²) in [6.45, 7) is 7.80. The Balaban J connectivity index is 1.99. The van der Waals surface area contributed by atoms with Crippen LogP contribution in [0, 0.1) is 6.92 Å². The minimum absolute atomic E-state index is 0.661. The van der Waals surface area contributed by atoms with E-state index in [0.29, 0.717) is 6.04 Å². The van der Waals surface area contributed by atoms with E-state index >= 15 is 0 Å². The van der Waals surface area contributed by atoms with Gasteiger partial charge in [-0.25, -0.2) is 0 Å². The van der Waals surface area contributed by atoms with Crippen molar-refractivity contribution < 1.29 is 0 Å². The van der Waals surface area contributed by atoms with E-state index in [0.717, 1.165) is 19.6 Å². The summed E-state index contributed by atoms with van der Waals surface area (Å²) >= 11 is 3.57. The van der Waals surface area contributed by atoms with E-state index in [2.05, 4.69) is 58.2 Å². The van der Waals surface area contributed by atoms with Gasteiger partial charge in [0, 0.05) is 29.3 Å². The Morgan fingerprint density at radius 1 is 1.41 bits per heavy atom. The maximum atomic E-state index is 3.61. The van der Waals surface area contributed by atoms with Crippen molar-refractivity contribution in [2.75, 3.05) is 24.5 Å². The van der Waals surface area contributed by atoms with E-state index in [9.17, 15) is 0 Å². The van der Waals surface area contributed by atoms with Gasteiger partial charge >= 0.3 is 0 Å². The Morgan fingerprint density at radius 2 is 2.24 bits per heavy atom. The molecule has 0 spiro atoms. The fourth-order valence-electron chi connectivity index (χ4n) is 2.41. The first kappa shape index (κ1) is 12.9. The number of nitrogens with zero attached hydrogens (tertiary/aromatic N) is 1. The molecule has 1 unspecified atom stereocenters. The highest BCUT2D eigenvalue weighted by molar-refractivity contribution is 9.10. The van der Waals surface area contributed by atoms with E-state index in [1.54, 1.807) is 0 Å². The van der Waals surface area contributed by atoms with Crippen LogP contribution in [0.4, 0.5) is 5.69 Å². The Labute approximate surface area is 113 Å². The van der Waals surface area contributed by atoms with Crippen LogP contribution in [0.5, 0.6) is 0 Å². The highest BCUT2D eigenvalue weighted by atomic mass is 79.9. The minimum atomic E-state index is 0.661. The Bertz CT molecular complexity index is 358. The average molecular weight is 297 g/mol. The summed E-state index contributed by atoms with van der Waals surface area (Å²) in [5, 5.41) is 3.61. The second-order valence-corrected chi connectivity index (χ2v) is 5.79. The SMILES string of the molecule is CCCNC1CCN(c2cc(C)cc(Br)c2)C1. The Hall–Kier alpha value is -0.540. The molecule has 1 aliphatic rings. The molecule has 1 heterocycles. The number of benzene rings is 1. The third-order valence-electron chi connectivity index (χ3n) is 3.26. The molecule has 2 rings (SSSR count). The van der Waals surface area contributed by atoms with Crippen LogP contribution in [-0.4, -0.2) is 25.7 Å². The molecule has 0 amide bonds. The minimum Gasteiger partial charge on any atom is -0.370 e. The highest BCUT2D eigenvalue weighted by Crippen LogP contribution is 2.25. The van der Waals surface area contributed by atoms with Gasteiger partial charge in [-0.3, -0.25) is 0 Å². The van der Waals surface area contributed by atoms with Gasteiger partial charge in [-0.1, -0.05) is 22.9 Å². The number of nitrogens with one attached hydrogen (secondary N) is 1. The van der Waals surface area contributed by atoms with Crippen molar-refractivity contribution in [2.24, 2.45) is 0 Å². The molecule has 0 saturated carbocycles. The molecule has 1 atom stereocenters. The smallest absolute Gasteiger partial charge is 0.0380 e. The molecule has 3 heteroatoms. The quantitative estimate of drug-likeness (QED) is 0.917. The molecule has 17 heavy (non-hydrogen) atoms.